The molecule has 0 saturated heterocycles. The van der Waals surface area contributed by atoms with Gasteiger partial charge in [0, 0.05) is 5.56 Å². The lowest BCUT2D eigenvalue weighted by Gasteiger charge is -2.08. The van der Waals surface area contributed by atoms with Gasteiger partial charge < -0.3 is 0 Å². The van der Waals surface area contributed by atoms with Crippen molar-refractivity contribution in [3.05, 3.63) is 87.9 Å². The number of hydrogen-bond donors (Lipinski definition) is 0. The molecule has 4 aromatic rings. The van der Waals surface area contributed by atoms with Crippen molar-refractivity contribution in [2.45, 2.75) is 20.4 Å². The van der Waals surface area contributed by atoms with Crippen LogP contribution in [0, 0.1) is 19.7 Å². The quantitative estimate of drug-likeness (QED) is 0.570. The van der Waals surface area contributed by atoms with Crippen LogP contribution in [-0.2, 0) is 6.54 Å². The van der Waals surface area contributed by atoms with Gasteiger partial charge in [-0.2, -0.15) is 5.10 Å². The largest absolute Gasteiger partial charge is 0.294 e. The molecule has 2 aromatic carbocycles. The summed E-state index contributed by atoms with van der Waals surface area (Å²) in [5.74, 6) is -0.342. The molecule has 0 N–H and O–H groups in total. The minimum atomic E-state index is -0.342. The summed E-state index contributed by atoms with van der Waals surface area (Å²) in [6.07, 6.45) is 2.96. The molecule has 0 spiro atoms. The number of rotatable bonds is 3. The van der Waals surface area contributed by atoms with Crippen LogP contribution in [0.1, 0.15) is 16.7 Å². The number of fused-ring (bicyclic) bond motifs is 1. The first kappa shape index (κ1) is 16.2. The summed E-state index contributed by atoms with van der Waals surface area (Å²) in [5, 5.41) is 4.75. The second kappa shape index (κ2) is 6.22. The van der Waals surface area contributed by atoms with E-state index in [9.17, 15) is 9.18 Å². The van der Waals surface area contributed by atoms with Crippen molar-refractivity contribution in [1.29, 1.82) is 0 Å². The third-order valence-electron chi connectivity index (χ3n) is 4.30. The van der Waals surface area contributed by atoms with E-state index >= 15 is 0 Å². The summed E-state index contributed by atoms with van der Waals surface area (Å²) in [5.41, 5.74) is 3.76. The molecule has 0 radical (unpaired) electrons. The average Bonchev–Trinajstić information content (AvgIpc) is 3.03. The summed E-state index contributed by atoms with van der Waals surface area (Å²) in [7, 11) is 0. The Kier molecular flexibility index (Phi) is 3.88. The van der Waals surface area contributed by atoms with Crippen molar-refractivity contribution < 1.29 is 4.39 Å². The molecule has 4 rings (SSSR count). The van der Waals surface area contributed by atoms with Crippen LogP contribution in [-0.4, -0.2) is 19.3 Å². The maximum Gasteiger partial charge on any atom is 0.264 e. The van der Waals surface area contributed by atoms with E-state index in [1.807, 2.05) is 26.0 Å². The minimum Gasteiger partial charge on any atom is -0.294 e. The van der Waals surface area contributed by atoms with Crippen molar-refractivity contribution in [3.63, 3.8) is 0 Å². The van der Waals surface area contributed by atoms with Gasteiger partial charge in [0.2, 0.25) is 0 Å². The number of hydrogen-bond acceptors (Lipinski definition) is 3. The van der Waals surface area contributed by atoms with Crippen LogP contribution in [0.15, 0.2) is 59.8 Å². The van der Waals surface area contributed by atoms with Crippen LogP contribution in [0.4, 0.5) is 4.39 Å². The van der Waals surface area contributed by atoms with Crippen molar-refractivity contribution in [3.8, 4) is 5.69 Å². The predicted octanol–water partition coefficient (Wildman–Crippen LogP) is 3.39. The lowest BCUT2D eigenvalue weighted by Crippen LogP contribution is -2.21. The van der Waals surface area contributed by atoms with Gasteiger partial charge in [0.1, 0.15) is 17.5 Å². The summed E-state index contributed by atoms with van der Waals surface area (Å²) in [4.78, 5) is 17.2. The maximum atomic E-state index is 13.9. The molecule has 0 aliphatic rings. The Balaban J connectivity index is 1.81. The Bertz CT molecular complexity index is 1160. The van der Waals surface area contributed by atoms with E-state index in [2.05, 4.69) is 16.1 Å². The number of nitrogens with zero attached hydrogens (tertiary/aromatic N) is 4. The van der Waals surface area contributed by atoms with E-state index < -0.39 is 0 Å². The van der Waals surface area contributed by atoms with Gasteiger partial charge in [-0.25, -0.2) is 14.1 Å². The van der Waals surface area contributed by atoms with Crippen molar-refractivity contribution in [2.75, 3.05) is 0 Å². The van der Waals surface area contributed by atoms with E-state index in [0.717, 1.165) is 16.8 Å². The molecular weight excluding hydrogens is 331 g/mol. The van der Waals surface area contributed by atoms with Crippen LogP contribution in [0.3, 0.4) is 0 Å². The van der Waals surface area contributed by atoms with Crippen molar-refractivity contribution in [2.24, 2.45) is 0 Å². The standard InChI is InChI=1S/C20H17FN4O/c1-13-7-14(2)9-16(8-13)25-19-17(10-23-25)20(26)24(12-22-19)11-15-5-3-4-6-18(15)21/h3-10,12H,11H2,1-2H3. The van der Waals surface area contributed by atoms with Gasteiger partial charge in [0.25, 0.3) is 5.56 Å². The van der Waals surface area contributed by atoms with Crippen molar-refractivity contribution in [1.82, 2.24) is 19.3 Å². The van der Waals surface area contributed by atoms with Crippen molar-refractivity contribution >= 4 is 11.0 Å². The Morgan fingerprint density at radius 1 is 1.08 bits per heavy atom. The summed E-state index contributed by atoms with van der Waals surface area (Å²) >= 11 is 0. The van der Waals surface area contributed by atoms with Crippen LogP contribution in [0.25, 0.3) is 16.7 Å². The van der Waals surface area contributed by atoms with E-state index in [1.165, 1.54) is 23.2 Å². The Labute approximate surface area is 149 Å². The fraction of sp³-hybridized carbons (Fsp3) is 0.150. The summed E-state index contributed by atoms with van der Waals surface area (Å²) < 4.78 is 16.9. The van der Waals surface area contributed by atoms with Crippen LogP contribution in [0.5, 0.6) is 0 Å². The Hall–Kier alpha value is -3.28. The zero-order valence-electron chi connectivity index (χ0n) is 14.5. The van der Waals surface area contributed by atoms with Gasteiger partial charge in [0.15, 0.2) is 5.65 Å². The second-order valence-corrected chi connectivity index (χ2v) is 6.41. The first-order valence-electron chi connectivity index (χ1n) is 8.28. The average molecular weight is 348 g/mol. The fourth-order valence-corrected chi connectivity index (χ4v) is 3.13. The van der Waals surface area contributed by atoms with E-state index in [1.54, 1.807) is 22.9 Å². The van der Waals surface area contributed by atoms with Gasteiger partial charge in [0.05, 0.1) is 18.4 Å². The highest BCUT2D eigenvalue weighted by Crippen LogP contribution is 2.17. The van der Waals surface area contributed by atoms with Crippen LogP contribution >= 0.6 is 0 Å². The predicted molar refractivity (Wildman–Crippen MR) is 98.1 cm³/mol. The van der Waals surface area contributed by atoms with E-state index in [0.29, 0.717) is 16.6 Å². The Morgan fingerprint density at radius 3 is 2.54 bits per heavy atom. The van der Waals surface area contributed by atoms with Gasteiger partial charge in [-0.15, -0.1) is 0 Å². The lowest BCUT2D eigenvalue weighted by atomic mass is 10.1. The van der Waals surface area contributed by atoms with Crippen LogP contribution < -0.4 is 5.56 Å². The van der Waals surface area contributed by atoms with Gasteiger partial charge in [-0.1, -0.05) is 24.3 Å². The Morgan fingerprint density at radius 2 is 1.81 bits per heavy atom. The molecule has 5 nitrogen and oxygen atoms in total. The summed E-state index contributed by atoms with van der Waals surface area (Å²) in [6.45, 7) is 4.15. The molecule has 0 fully saturated rings. The fourth-order valence-electron chi connectivity index (χ4n) is 3.13. The normalized spacial score (nSPS) is 11.2. The number of halogens is 1. The van der Waals surface area contributed by atoms with E-state index in [-0.39, 0.29) is 17.9 Å². The van der Waals surface area contributed by atoms with Crippen LogP contribution in [0.2, 0.25) is 0 Å². The number of aryl methyl sites for hydroxylation is 2. The molecule has 0 amide bonds. The zero-order chi connectivity index (χ0) is 18.3. The second-order valence-electron chi connectivity index (χ2n) is 6.41. The topological polar surface area (TPSA) is 52.7 Å². The first-order valence-corrected chi connectivity index (χ1v) is 8.28. The molecule has 26 heavy (non-hydrogen) atoms. The minimum absolute atomic E-state index is 0.128. The molecule has 2 heterocycles. The highest BCUT2D eigenvalue weighted by Gasteiger charge is 2.13. The molecule has 130 valence electrons. The lowest BCUT2D eigenvalue weighted by molar-refractivity contribution is 0.595. The smallest absolute Gasteiger partial charge is 0.264 e. The molecule has 0 aliphatic heterocycles. The highest BCUT2D eigenvalue weighted by atomic mass is 19.1. The molecular formula is C20H17FN4O. The van der Waals surface area contributed by atoms with E-state index in [4.69, 9.17) is 0 Å². The molecule has 0 bridgehead atoms. The van der Waals surface area contributed by atoms with Gasteiger partial charge in [-0.3, -0.25) is 9.36 Å². The molecule has 0 aliphatic carbocycles. The molecule has 0 unspecified atom stereocenters. The number of benzene rings is 2. The molecule has 0 atom stereocenters. The van der Waals surface area contributed by atoms with Gasteiger partial charge >= 0.3 is 0 Å². The highest BCUT2D eigenvalue weighted by molar-refractivity contribution is 5.75. The van der Waals surface area contributed by atoms with Gasteiger partial charge in [-0.05, 0) is 43.2 Å². The zero-order valence-corrected chi connectivity index (χ0v) is 14.5. The third kappa shape index (κ3) is 2.79. The molecule has 2 aromatic heterocycles. The summed E-state index contributed by atoms with van der Waals surface area (Å²) in [6, 6.07) is 12.5. The SMILES string of the molecule is Cc1cc(C)cc(-n2ncc3c(=O)n(Cc4ccccc4F)cnc32)c1. The maximum absolute atomic E-state index is 13.9. The first-order chi connectivity index (χ1) is 12.5. The third-order valence-corrected chi connectivity index (χ3v) is 4.30. The monoisotopic (exact) mass is 348 g/mol. The molecule has 6 heteroatoms. The number of aromatic nitrogens is 4. The molecule has 0 saturated carbocycles.